The van der Waals surface area contributed by atoms with E-state index in [-0.39, 0.29) is 0 Å². The number of aliphatic carboxylic acids is 1. The lowest BCUT2D eigenvalue weighted by Gasteiger charge is -2.35. The number of hydrogen-bond acceptors (Lipinski definition) is 5. The van der Waals surface area contributed by atoms with Crippen molar-refractivity contribution in [1.29, 1.82) is 0 Å². The quantitative estimate of drug-likeness (QED) is 0.811. The summed E-state index contributed by atoms with van der Waals surface area (Å²) in [7, 11) is 0. The molecule has 0 aromatic carbocycles. The van der Waals surface area contributed by atoms with Gasteiger partial charge in [0.25, 0.3) is 0 Å². The molecule has 2 rings (SSSR count). The van der Waals surface area contributed by atoms with Crippen molar-refractivity contribution in [2.45, 2.75) is 19.4 Å². The predicted octanol–water partition coefficient (Wildman–Crippen LogP) is 1.08. The summed E-state index contributed by atoms with van der Waals surface area (Å²) in [5.74, 6) is 0.138. The highest BCUT2D eigenvalue weighted by atomic mass is 16.5. The molecule has 1 aromatic rings. The number of pyridine rings is 1. The Bertz CT molecular complexity index is 433. The van der Waals surface area contributed by atoms with Crippen LogP contribution in [0.25, 0.3) is 0 Å². The lowest BCUT2D eigenvalue weighted by Crippen LogP contribution is -2.47. The molecule has 1 fully saturated rings. The van der Waals surface area contributed by atoms with Gasteiger partial charge >= 0.3 is 5.97 Å². The van der Waals surface area contributed by atoms with Crippen molar-refractivity contribution >= 4 is 11.8 Å². The van der Waals surface area contributed by atoms with Gasteiger partial charge in [0.1, 0.15) is 5.82 Å². The number of carboxylic acid groups (broad SMARTS) is 1. The van der Waals surface area contributed by atoms with E-state index in [0.717, 1.165) is 38.5 Å². The van der Waals surface area contributed by atoms with Gasteiger partial charge in [-0.2, -0.15) is 0 Å². The lowest BCUT2D eigenvalue weighted by atomic mass is 10.2. The molecule has 1 aromatic heterocycles. The Kier molecular flexibility index (Phi) is 5.95. The molecular weight excluding hydrogens is 270 g/mol. The van der Waals surface area contributed by atoms with Gasteiger partial charge in [0.2, 0.25) is 0 Å². The number of rotatable bonds is 7. The highest BCUT2D eigenvalue weighted by Gasteiger charge is 2.21. The van der Waals surface area contributed by atoms with Crippen LogP contribution in [0.5, 0.6) is 0 Å². The minimum absolute atomic E-state index is 0.435. The summed E-state index contributed by atoms with van der Waals surface area (Å²) in [4.78, 5) is 19.9. The number of carboxylic acids is 1. The highest BCUT2D eigenvalue weighted by Crippen LogP contribution is 2.13. The molecule has 0 saturated carbocycles. The van der Waals surface area contributed by atoms with Crippen LogP contribution in [0.15, 0.2) is 24.4 Å². The van der Waals surface area contributed by atoms with Crippen molar-refractivity contribution in [3.05, 3.63) is 24.4 Å². The number of hydrogen-bond donors (Lipinski definition) is 1. The van der Waals surface area contributed by atoms with Crippen LogP contribution in [-0.2, 0) is 9.53 Å². The molecule has 0 amide bonds. The van der Waals surface area contributed by atoms with Gasteiger partial charge in [-0.15, -0.1) is 0 Å². The summed E-state index contributed by atoms with van der Waals surface area (Å²) in [6.07, 6.45) is 1.65. The minimum atomic E-state index is -0.871. The largest absolute Gasteiger partial charge is 0.479 e. The van der Waals surface area contributed by atoms with Gasteiger partial charge in [-0.1, -0.05) is 6.07 Å². The topological polar surface area (TPSA) is 65.9 Å². The molecule has 0 aliphatic carbocycles. The smallest absolute Gasteiger partial charge is 0.332 e. The van der Waals surface area contributed by atoms with Gasteiger partial charge < -0.3 is 14.7 Å². The first-order chi connectivity index (χ1) is 10.2. The molecule has 2 heterocycles. The van der Waals surface area contributed by atoms with Gasteiger partial charge in [-0.3, -0.25) is 4.90 Å². The monoisotopic (exact) mass is 293 g/mol. The molecule has 6 heteroatoms. The maximum absolute atomic E-state index is 11.0. The molecule has 116 valence electrons. The second-order valence-electron chi connectivity index (χ2n) is 5.09. The van der Waals surface area contributed by atoms with Crippen LogP contribution >= 0.6 is 0 Å². The maximum atomic E-state index is 11.0. The average molecular weight is 293 g/mol. The van der Waals surface area contributed by atoms with Crippen molar-refractivity contribution in [3.63, 3.8) is 0 Å². The van der Waals surface area contributed by atoms with Crippen LogP contribution in [0.1, 0.15) is 13.3 Å². The zero-order chi connectivity index (χ0) is 15.1. The molecule has 1 aliphatic rings. The van der Waals surface area contributed by atoms with Crippen molar-refractivity contribution in [3.8, 4) is 0 Å². The Labute approximate surface area is 125 Å². The Morgan fingerprint density at radius 1 is 1.38 bits per heavy atom. The van der Waals surface area contributed by atoms with Crippen LogP contribution in [0, 0.1) is 0 Å². The van der Waals surface area contributed by atoms with Gasteiger partial charge in [0.15, 0.2) is 6.10 Å². The third-order valence-corrected chi connectivity index (χ3v) is 3.70. The Morgan fingerprint density at radius 2 is 2.14 bits per heavy atom. The van der Waals surface area contributed by atoms with Gasteiger partial charge in [-0.25, -0.2) is 9.78 Å². The summed E-state index contributed by atoms with van der Waals surface area (Å²) < 4.78 is 5.24. The second-order valence-corrected chi connectivity index (χ2v) is 5.09. The first-order valence-corrected chi connectivity index (χ1v) is 7.43. The van der Waals surface area contributed by atoms with Crippen LogP contribution in [0.3, 0.4) is 0 Å². The normalized spacial score (nSPS) is 17.7. The van der Waals surface area contributed by atoms with Crippen LogP contribution in [0.2, 0.25) is 0 Å². The molecule has 1 N–H and O–H groups in total. The molecule has 1 unspecified atom stereocenters. The highest BCUT2D eigenvalue weighted by molar-refractivity contribution is 5.72. The first kappa shape index (κ1) is 15.7. The number of carbonyl (C=O) groups is 1. The molecule has 0 spiro atoms. The molecular formula is C15H23N3O3. The summed E-state index contributed by atoms with van der Waals surface area (Å²) in [5.41, 5.74) is 0. The Hall–Kier alpha value is -1.66. The fraction of sp³-hybridized carbons (Fsp3) is 0.600. The van der Waals surface area contributed by atoms with E-state index >= 15 is 0 Å². The van der Waals surface area contributed by atoms with E-state index < -0.39 is 12.1 Å². The molecule has 1 aliphatic heterocycles. The summed E-state index contributed by atoms with van der Waals surface area (Å²) in [6, 6.07) is 5.93. The maximum Gasteiger partial charge on any atom is 0.332 e. The van der Waals surface area contributed by atoms with E-state index in [0.29, 0.717) is 13.0 Å². The third kappa shape index (κ3) is 4.68. The van der Waals surface area contributed by atoms with E-state index in [9.17, 15) is 4.79 Å². The van der Waals surface area contributed by atoms with Crippen molar-refractivity contribution < 1.29 is 14.6 Å². The van der Waals surface area contributed by atoms with E-state index in [2.05, 4.69) is 14.8 Å². The standard InChI is InChI=1S/C15H23N3O3/c1-2-21-13(15(19)20)6-8-17-9-11-18(12-10-17)14-5-3-4-7-16-14/h3-5,7,13H,2,6,8-12H2,1H3,(H,19,20). The molecule has 0 bridgehead atoms. The fourth-order valence-electron chi connectivity index (χ4n) is 2.52. The Balaban J connectivity index is 1.75. The zero-order valence-electron chi connectivity index (χ0n) is 12.4. The van der Waals surface area contributed by atoms with E-state index in [1.54, 1.807) is 6.20 Å². The molecule has 1 saturated heterocycles. The number of aromatic nitrogens is 1. The third-order valence-electron chi connectivity index (χ3n) is 3.70. The van der Waals surface area contributed by atoms with E-state index in [4.69, 9.17) is 9.84 Å². The first-order valence-electron chi connectivity index (χ1n) is 7.43. The van der Waals surface area contributed by atoms with Gasteiger partial charge in [0, 0.05) is 45.5 Å². The van der Waals surface area contributed by atoms with Crippen LogP contribution < -0.4 is 4.90 Å². The average Bonchev–Trinajstić information content (AvgIpc) is 2.52. The van der Waals surface area contributed by atoms with Gasteiger partial charge in [0.05, 0.1) is 0 Å². The van der Waals surface area contributed by atoms with Crippen LogP contribution in [-0.4, -0.2) is 66.4 Å². The summed E-state index contributed by atoms with van der Waals surface area (Å²) in [5, 5.41) is 9.06. The van der Waals surface area contributed by atoms with E-state index in [1.807, 2.05) is 25.1 Å². The zero-order valence-corrected chi connectivity index (χ0v) is 12.4. The lowest BCUT2D eigenvalue weighted by molar-refractivity contribution is -0.150. The summed E-state index contributed by atoms with van der Waals surface area (Å²) >= 11 is 0. The molecule has 21 heavy (non-hydrogen) atoms. The van der Waals surface area contributed by atoms with Crippen molar-refractivity contribution in [2.24, 2.45) is 0 Å². The summed E-state index contributed by atoms with van der Waals surface area (Å²) in [6.45, 7) is 6.70. The number of piperazine rings is 1. The van der Waals surface area contributed by atoms with Gasteiger partial charge in [-0.05, 0) is 25.5 Å². The molecule has 0 radical (unpaired) electrons. The van der Waals surface area contributed by atoms with Crippen molar-refractivity contribution in [1.82, 2.24) is 9.88 Å². The molecule has 1 atom stereocenters. The fourth-order valence-corrected chi connectivity index (χ4v) is 2.52. The van der Waals surface area contributed by atoms with E-state index in [1.165, 1.54) is 0 Å². The Morgan fingerprint density at radius 3 is 2.71 bits per heavy atom. The van der Waals surface area contributed by atoms with Crippen LogP contribution in [0.4, 0.5) is 5.82 Å². The predicted molar refractivity (Wildman–Crippen MR) is 80.6 cm³/mol. The number of ether oxygens (including phenoxy) is 1. The molecule has 6 nitrogen and oxygen atoms in total. The van der Waals surface area contributed by atoms with Crippen molar-refractivity contribution in [2.75, 3.05) is 44.2 Å². The number of nitrogens with zero attached hydrogens (tertiary/aromatic N) is 3. The number of anilines is 1. The second kappa shape index (κ2) is 7.95. The SMILES string of the molecule is CCOC(CCN1CCN(c2ccccn2)CC1)C(=O)O. The minimum Gasteiger partial charge on any atom is -0.479 e.